The predicted octanol–water partition coefficient (Wildman–Crippen LogP) is 11.0. The largest absolute Gasteiger partial charge is 0.387 e. The summed E-state index contributed by atoms with van der Waals surface area (Å²) in [4.78, 5) is 0. The van der Waals surface area contributed by atoms with E-state index in [9.17, 15) is 5.11 Å². The number of ether oxygens (including phenoxy) is 15. The summed E-state index contributed by atoms with van der Waals surface area (Å²) >= 11 is 1.68. The molecule has 12 rings (SSSR count). The van der Waals surface area contributed by atoms with Gasteiger partial charge in [0.2, 0.25) is 0 Å². The van der Waals surface area contributed by atoms with E-state index in [1.165, 1.54) is 0 Å². The lowest BCUT2D eigenvalue weighted by atomic mass is 9.96. The van der Waals surface area contributed by atoms with E-state index in [-0.39, 0.29) is 71.0 Å². The second-order valence-electron chi connectivity index (χ2n) is 22.9. The van der Waals surface area contributed by atoms with E-state index in [0.29, 0.717) is 13.2 Å². The molecule has 4 saturated heterocycles. The molecule has 0 aromatic heterocycles. The van der Waals surface area contributed by atoms with Gasteiger partial charge in [-0.2, -0.15) is 0 Å². The first kappa shape index (κ1) is 63.4. The van der Waals surface area contributed by atoms with Crippen LogP contribution in [0.25, 0.3) is 0 Å². The average molecular weight is 1230 g/mol. The molecule has 89 heavy (non-hydrogen) atoms. The van der Waals surface area contributed by atoms with Gasteiger partial charge in [-0.3, -0.25) is 0 Å². The van der Waals surface area contributed by atoms with Crippen LogP contribution in [0.1, 0.15) is 63.3 Å². The van der Waals surface area contributed by atoms with Gasteiger partial charge in [0.05, 0.1) is 72.7 Å². The summed E-state index contributed by atoms with van der Waals surface area (Å²) in [6.07, 6.45) is -11.9. The molecule has 0 saturated carbocycles. The van der Waals surface area contributed by atoms with Crippen LogP contribution in [0.2, 0.25) is 0 Å². The number of aliphatic hydroxyl groups excluding tert-OH is 1. The highest BCUT2D eigenvalue weighted by Crippen LogP contribution is 2.41. The number of fused-ring (bicyclic) bond motifs is 6. The third kappa shape index (κ3) is 16.7. The van der Waals surface area contributed by atoms with E-state index in [2.05, 4.69) is 25.1 Å². The normalized spacial score (nSPS) is 29.7. The van der Waals surface area contributed by atoms with Crippen LogP contribution in [0.5, 0.6) is 0 Å². The van der Waals surface area contributed by atoms with Gasteiger partial charge in [-0.1, -0.05) is 207 Å². The number of thioether (sulfide) groups is 1. The minimum atomic E-state index is -1.23. The van der Waals surface area contributed by atoms with Crippen molar-refractivity contribution in [2.45, 2.75) is 157 Å². The summed E-state index contributed by atoms with van der Waals surface area (Å²) in [6, 6.07) is 65.9. The number of hydrogen-bond acceptors (Lipinski definition) is 17. The summed E-state index contributed by atoms with van der Waals surface area (Å²) in [5, 5.41) is 12.7. The lowest BCUT2D eigenvalue weighted by Crippen LogP contribution is -2.66. The van der Waals surface area contributed by atoms with Crippen molar-refractivity contribution >= 4 is 11.8 Å². The summed E-state index contributed by atoms with van der Waals surface area (Å²) < 4.78 is 102. The highest BCUT2D eigenvalue weighted by atomic mass is 32.2. The van der Waals surface area contributed by atoms with Gasteiger partial charge in [0, 0.05) is 12.7 Å². The van der Waals surface area contributed by atoms with E-state index in [4.69, 9.17) is 71.1 Å². The topological polar surface area (TPSA) is 159 Å². The molecule has 5 heterocycles. The Morgan fingerprint density at radius 1 is 0.449 bits per heavy atom. The Bertz CT molecular complexity index is 3190. The third-order valence-corrected chi connectivity index (χ3v) is 17.6. The molecule has 1 N–H and O–H groups in total. The van der Waals surface area contributed by atoms with Crippen LogP contribution in [-0.4, -0.2) is 129 Å². The van der Waals surface area contributed by atoms with Crippen LogP contribution in [-0.2, 0) is 124 Å². The number of methoxy groups -OCH3 is 1. The van der Waals surface area contributed by atoms with E-state index >= 15 is 0 Å². The van der Waals surface area contributed by atoms with Crippen LogP contribution in [0, 0.1) is 0 Å². The number of rotatable bonds is 23. The maximum absolute atomic E-state index is 12.7. The summed E-state index contributed by atoms with van der Waals surface area (Å²) in [6.45, 7) is 4.39. The second-order valence-corrected chi connectivity index (χ2v) is 24.2. The van der Waals surface area contributed by atoms with E-state index in [1.807, 2.05) is 182 Å². The van der Waals surface area contributed by atoms with Crippen LogP contribution in [0.3, 0.4) is 0 Å². The fourth-order valence-electron chi connectivity index (χ4n) is 12.0. The van der Waals surface area contributed by atoms with Gasteiger partial charge in [-0.15, -0.1) is 11.8 Å². The standard InChI is InChI=1S/C72H80O16S/c1-3-89-72-68(82-42-51-27-15-7-16-28-51)65(62-59(86-72)47-83-69(87-62)56-33-17-8-18-34-56)79-44-55-32-20-29-52(36-55)37-75-45-57-60(73)63-66(80-40-49-23-11-5-12-24-49)71(84-57)88-61-58(46-76-38-53-30-19-31-54(35-53)43-77-63)85-70(74-2)67(81-41-50-25-13-6-14-26-50)64(61)78-39-48-21-9-4-10-22-48/h4-36,57-73H,3,37-47H2,1-2H3/t57-,58-,59-,60-,61-,62-,63+,64+,65+,66-,67-,68-,69-,70+,71-,72+/m1/s1. The van der Waals surface area contributed by atoms with Gasteiger partial charge in [-0.05, 0) is 50.3 Å². The maximum atomic E-state index is 12.7. The zero-order chi connectivity index (χ0) is 60.6. The highest BCUT2D eigenvalue weighted by Gasteiger charge is 2.55. The lowest BCUT2D eigenvalue weighted by molar-refractivity contribution is -0.373. The fraction of sp³-hybridized carbons (Fsp3) is 0.417. The minimum absolute atomic E-state index is 0.0389. The molecule has 4 fully saturated rings. The van der Waals surface area contributed by atoms with Gasteiger partial charge in [-0.25, -0.2) is 0 Å². The number of benzene rings is 7. The van der Waals surface area contributed by atoms with Crippen LogP contribution >= 0.6 is 11.8 Å². The molecule has 0 amide bonds. The summed E-state index contributed by atoms with van der Waals surface area (Å²) in [5.74, 6) is 0.814. The monoisotopic (exact) mass is 1230 g/mol. The maximum Gasteiger partial charge on any atom is 0.187 e. The molecule has 0 radical (unpaired) electrons. The van der Waals surface area contributed by atoms with Gasteiger partial charge in [0.1, 0.15) is 78.7 Å². The molecule has 7 aromatic rings. The first-order valence-electron chi connectivity index (χ1n) is 30.9. The number of hydrogen-bond donors (Lipinski definition) is 1. The Balaban J connectivity index is 0.809. The fourth-order valence-corrected chi connectivity index (χ4v) is 13.0. The molecule has 0 aliphatic carbocycles. The molecule has 16 nitrogen and oxygen atoms in total. The van der Waals surface area contributed by atoms with Crippen LogP contribution in [0.15, 0.2) is 200 Å². The molecule has 17 heteroatoms. The van der Waals surface area contributed by atoms with E-state index in [1.54, 1.807) is 18.9 Å². The van der Waals surface area contributed by atoms with Gasteiger partial charge >= 0.3 is 0 Å². The van der Waals surface area contributed by atoms with Crippen molar-refractivity contribution in [3.8, 4) is 0 Å². The molecule has 0 unspecified atom stereocenters. The molecule has 4 bridgehead atoms. The molecule has 5 aliphatic heterocycles. The van der Waals surface area contributed by atoms with E-state index < -0.39 is 86.0 Å². The zero-order valence-corrected chi connectivity index (χ0v) is 51.1. The molecular weight excluding hydrogens is 1150 g/mol. The predicted molar refractivity (Wildman–Crippen MR) is 331 cm³/mol. The molecule has 0 spiro atoms. The first-order valence-corrected chi connectivity index (χ1v) is 31.9. The van der Waals surface area contributed by atoms with Gasteiger partial charge in [0.15, 0.2) is 18.9 Å². The third-order valence-electron chi connectivity index (χ3n) is 16.5. The van der Waals surface area contributed by atoms with E-state index in [0.717, 1.165) is 55.8 Å². The highest BCUT2D eigenvalue weighted by molar-refractivity contribution is 7.99. The van der Waals surface area contributed by atoms with Gasteiger partial charge < -0.3 is 76.2 Å². The minimum Gasteiger partial charge on any atom is -0.387 e. The van der Waals surface area contributed by atoms with Crippen molar-refractivity contribution in [3.05, 3.63) is 250 Å². The molecular formula is C72H80O16S. The Morgan fingerprint density at radius 2 is 0.955 bits per heavy atom. The zero-order valence-electron chi connectivity index (χ0n) is 50.3. The number of aliphatic hydroxyl groups is 1. The Morgan fingerprint density at radius 3 is 1.57 bits per heavy atom. The van der Waals surface area contributed by atoms with Gasteiger partial charge in [0.25, 0.3) is 0 Å². The Hall–Kier alpha value is -5.75. The second kappa shape index (κ2) is 32.0. The first-order chi connectivity index (χ1) is 43.9. The molecule has 5 aliphatic rings. The van der Waals surface area contributed by atoms with Crippen molar-refractivity contribution in [1.82, 2.24) is 0 Å². The lowest BCUT2D eigenvalue weighted by Gasteiger charge is -2.49. The molecule has 7 aromatic carbocycles. The van der Waals surface area contributed by atoms with Crippen molar-refractivity contribution in [2.24, 2.45) is 0 Å². The SMILES string of the molecule is CCS[C@@H]1O[C@@H]2CO[C@@H](c3ccccc3)O[C@H]2[C@H](OCc2cccc(COC[C@H]3O[C@@H]4O[C@H]5[C@H](OCc6ccccc6)[C@@H](OCc6ccccc6)[C@@H](OC)O[C@@H]5COCc5cccc(c5)CO[C@@H]([C@@H]3O)[C@H]4OCc3ccccc3)c2)[C@H]1OCc1ccccc1. The summed E-state index contributed by atoms with van der Waals surface area (Å²) in [5.41, 5.74) is 8.09. The Labute approximate surface area is 525 Å². The smallest absolute Gasteiger partial charge is 0.187 e. The van der Waals surface area contributed by atoms with Crippen LogP contribution < -0.4 is 0 Å². The van der Waals surface area contributed by atoms with Crippen LogP contribution in [0.4, 0.5) is 0 Å². The Kier molecular flexibility index (Phi) is 22.8. The van der Waals surface area contributed by atoms with Crippen molar-refractivity contribution in [1.29, 1.82) is 0 Å². The average Bonchev–Trinajstić information content (AvgIpc) is 1.09. The van der Waals surface area contributed by atoms with Crippen molar-refractivity contribution in [2.75, 3.05) is 32.7 Å². The van der Waals surface area contributed by atoms with Crippen molar-refractivity contribution in [3.63, 3.8) is 0 Å². The molecule has 470 valence electrons. The molecule has 16 atom stereocenters. The summed E-state index contributed by atoms with van der Waals surface area (Å²) in [7, 11) is 1.59. The quantitative estimate of drug-likeness (QED) is 0.0644. The van der Waals surface area contributed by atoms with Crippen molar-refractivity contribution < 1.29 is 76.2 Å².